The molecule has 37 heavy (non-hydrogen) atoms. The summed E-state index contributed by atoms with van der Waals surface area (Å²) in [5.41, 5.74) is 6.13. The van der Waals surface area contributed by atoms with Gasteiger partial charge in [-0.1, -0.05) is 80.4 Å². The van der Waals surface area contributed by atoms with Gasteiger partial charge in [0.1, 0.15) is 18.2 Å². The van der Waals surface area contributed by atoms with Crippen LogP contribution in [0.4, 0.5) is 5.95 Å². The molecule has 3 aliphatic rings. The molecular formula is C29H37N7O. The van der Waals surface area contributed by atoms with Gasteiger partial charge in [-0.3, -0.25) is 19.7 Å². The van der Waals surface area contributed by atoms with Gasteiger partial charge in [-0.05, 0) is 36.3 Å². The molecule has 8 nitrogen and oxygen atoms in total. The molecule has 0 spiro atoms. The predicted octanol–water partition coefficient (Wildman–Crippen LogP) is 4.20. The van der Waals surface area contributed by atoms with Crippen molar-refractivity contribution in [3.05, 3.63) is 77.6 Å². The van der Waals surface area contributed by atoms with Crippen molar-refractivity contribution in [1.82, 2.24) is 30.8 Å². The molecule has 2 aromatic carbocycles. The topological polar surface area (TPSA) is 87.1 Å². The third-order valence-corrected chi connectivity index (χ3v) is 8.28. The second-order valence-corrected chi connectivity index (χ2v) is 10.7. The quantitative estimate of drug-likeness (QED) is 0.431. The van der Waals surface area contributed by atoms with Crippen molar-refractivity contribution in [1.29, 1.82) is 0 Å². The van der Waals surface area contributed by atoms with Crippen molar-refractivity contribution in [2.45, 2.75) is 76.2 Å². The standard InChI is InChI=1S/C29H37N7O/c1-20(21-11-4-2-5-12-21)19-30-26(37)18-10-17-25-32-33-29-35(25)24-16-9-8-15-23(24)28-31-27(34-36(28)29)22-13-6-3-7-14-22/h2-7,11-14,20,23-24,27-28,31,34H,8-10,15-19H2,1H3,(H,30,37)/t20-,23?,24?,27?,28?/m0/s1. The first-order chi connectivity index (χ1) is 18.2. The summed E-state index contributed by atoms with van der Waals surface area (Å²) in [7, 11) is 0. The number of nitrogens with one attached hydrogen (secondary N) is 3. The highest BCUT2D eigenvalue weighted by Crippen LogP contribution is 2.45. The molecule has 1 aliphatic carbocycles. The predicted molar refractivity (Wildman–Crippen MR) is 144 cm³/mol. The van der Waals surface area contributed by atoms with Crippen molar-refractivity contribution in [2.24, 2.45) is 5.92 Å². The Labute approximate surface area is 218 Å². The molecule has 3 N–H and O–H groups in total. The molecular weight excluding hydrogens is 462 g/mol. The Morgan fingerprint density at radius 3 is 2.62 bits per heavy atom. The molecule has 0 bridgehead atoms. The van der Waals surface area contributed by atoms with Crippen LogP contribution in [0.2, 0.25) is 0 Å². The number of aryl methyl sites for hydroxylation is 1. The van der Waals surface area contributed by atoms with Gasteiger partial charge in [0.2, 0.25) is 11.9 Å². The third-order valence-electron chi connectivity index (χ3n) is 8.28. The van der Waals surface area contributed by atoms with E-state index in [9.17, 15) is 4.79 Å². The van der Waals surface area contributed by atoms with Gasteiger partial charge < -0.3 is 5.32 Å². The molecule has 4 unspecified atom stereocenters. The molecule has 194 valence electrons. The zero-order chi connectivity index (χ0) is 25.2. The number of aromatic nitrogens is 3. The van der Waals surface area contributed by atoms with Gasteiger partial charge in [0.15, 0.2) is 0 Å². The Morgan fingerprint density at radius 2 is 1.81 bits per heavy atom. The Hall–Kier alpha value is -3.23. The number of carbonyl (C=O) groups is 1. The second kappa shape index (κ2) is 10.6. The van der Waals surface area contributed by atoms with E-state index in [-0.39, 0.29) is 18.2 Å². The number of rotatable bonds is 8. The Morgan fingerprint density at radius 1 is 1.05 bits per heavy atom. The first-order valence-electron chi connectivity index (χ1n) is 13.8. The van der Waals surface area contributed by atoms with E-state index in [0.717, 1.165) is 31.0 Å². The molecule has 1 saturated heterocycles. The molecule has 5 atom stereocenters. The molecule has 0 radical (unpaired) electrons. The summed E-state index contributed by atoms with van der Waals surface area (Å²) >= 11 is 0. The number of amides is 1. The number of hydrogen-bond donors (Lipinski definition) is 3. The van der Waals surface area contributed by atoms with E-state index in [4.69, 9.17) is 0 Å². The van der Waals surface area contributed by atoms with Crippen LogP contribution >= 0.6 is 0 Å². The maximum atomic E-state index is 12.6. The summed E-state index contributed by atoms with van der Waals surface area (Å²) in [6, 6.07) is 21.3. The average Bonchev–Trinajstić information content (AvgIpc) is 3.58. The van der Waals surface area contributed by atoms with Gasteiger partial charge in [-0.25, -0.2) is 5.43 Å². The van der Waals surface area contributed by atoms with E-state index in [1.165, 1.54) is 30.4 Å². The number of anilines is 1. The van der Waals surface area contributed by atoms with Crippen molar-refractivity contribution in [2.75, 3.05) is 11.6 Å². The zero-order valence-electron chi connectivity index (χ0n) is 21.5. The van der Waals surface area contributed by atoms with Crippen LogP contribution in [0.3, 0.4) is 0 Å². The molecule has 2 fully saturated rings. The number of nitrogens with zero attached hydrogens (tertiary/aromatic N) is 4. The summed E-state index contributed by atoms with van der Waals surface area (Å²) in [5.74, 6) is 2.80. The van der Waals surface area contributed by atoms with Crippen molar-refractivity contribution >= 4 is 11.9 Å². The lowest BCUT2D eigenvalue weighted by molar-refractivity contribution is -0.121. The molecule has 2 aliphatic heterocycles. The lowest BCUT2D eigenvalue weighted by Crippen LogP contribution is -2.53. The van der Waals surface area contributed by atoms with Gasteiger partial charge in [0.25, 0.3) is 0 Å². The minimum absolute atomic E-state index is 0.0578. The van der Waals surface area contributed by atoms with E-state index < -0.39 is 0 Å². The van der Waals surface area contributed by atoms with Crippen LogP contribution < -0.4 is 21.1 Å². The molecule has 6 rings (SSSR count). The zero-order valence-corrected chi connectivity index (χ0v) is 21.5. The van der Waals surface area contributed by atoms with Gasteiger partial charge in [-0.15, -0.1) is 10.2 Å². The lowest BCUT2D eigenvalue weighted by Gasteiger charge is -2.44. The van der Waals surface area contributed by atoms with Crippen LogP contribution in [-0.2, 0) is 11.2 Å². The average molecular weight is 500 g/mol. The number of hydrogen-bond acceptors (Lipinski definition) is 6. The summed E-state index contributed by atoms with van der Waals surface area (Å²) in [6.07, 6.45) is 7.14. The first kappa shape index (κ1) is 24.1. The van der Waals surface area contributed by atoms with Crippen molar-refractivity contribution in [3.63, 3.8) is 0 Å². The highest BCUT2D eigenvalue weighted by Gasteiger charge is 2.48. The normalized spacial score (nSPS) is 25.2. The lowest BCUT2D eigenvalue weighted by atomic mass is 9.81. The van der Waals surface area contributed by atoms with Crippen LogP contribution in [0.25, 0.3) is 0 Å². The van der Waals surface area contributed by atoms with Crippen molar-refractivity contribution in [3.8, 4) is 0 Å². The highest BCUT2D eigenvalue weighted by atomic mass is 16.1. The molecule has 1 amide bonds. The van der Waals surface area contributed by atoms with Gasteiger partial charge in [-0.2, -0.15) is 0 Å². The minimum atomic E-state index is 0.0578. The van der Waals surface area contributed by atoms with Gasteiger partial charge in [0.05, 0.1) is 0 Å². The molecule has 3 aromatic rings. The number of benzene rings is 2. The van der Waals surface area contributed by atoms with E-state index in [0.29, 0.717) is 30.8 Å². The van der Waals surface area contributed by atoms with Crippen LogP contribution in [0.5, 0.6) is 0 Å². The van der Waals surface area contributed by atoms with Crippen LogP contribution in [0.1, 0.15) is 80.5 Å². The molecule has 3 heterocycles. The smallest absolute Gasteiger partial charge is 0.243 e. The summed E-state index contributed by atoms with van der Waals surface area (Å²) < 4.78 is 2.37. The highest BCUT2D eigenvalue weighted by molar-refractivity contribution is 5.75. The van der Waals surface area contributed by atoms with Crippen LogP contribution in [-0.4, -0.2) is 33.4 Å². The Balaban J connectivity index is 1.10. The third kappa shape index (κ3) is 4.88. The van der Waals surface area contributed by atoms with Crippen LogP contribution in [0, 0.1) is 5.92 Å². The fourth-order valence-electron chi connectivity index (χ4n) is 6.29. The van der Waals surface area contributed by atoms with E-state index in [2.05, 4.69) is 85.2 Å². The van der Waals surface area contributed by atoms with Crippen LogP contribution in [0.15, 0.2) is 60.7 Å². The molecule has 1 aromatic heterocycles. The van der Waals surface area contributed by atoms with Crippen molar-refractivity contribution < 1.29 is 4.79 Å². The van der Waals surface area contributed by atoms with E-state index >= 15 is 0 Å². The number of fused-ring (bicyclic) bond motifs is 6. The van der Waals surface area contributed by atoms with Gasteiger partial charge >= 0.3 is 0 Å². The van der Waals surface area contributed by atoms with E-state index in [1.54, 1.807) is 0 Å². The fraction of sp³-hybridized carbons (Fsp3) is 0.483. The van der Waals surface area contributed by atoms with E-state index in [1.807, 2.05) is 18.2 Å². The summed E-state index contributed by atoms with van der Waals surface area (Å²) in [5, 5.41) is 18.4. The number of hydrazine groups is 1. The maximum absolute atomic E-state index is 12.6. The Kier molecular flexibility index (Phi) is 6.93. The minimum Gasteiger partial charge on any atom is -0.356 e. The largest absolute Gasteiger partial charge is 0.356 e. The second-order valence-electron chi connectivity index (χ2n) is 10.7. The van der Waals surface area contributed by atoms with Gasteiger partial charge in [0, 0.05) is 31.3 Å². The molecule has 8 heteroatoms. The number of carbonyl (C=O) groups excluding carboxylic acids is 1. The first-order valence-corrected chi connectivity index (χ1v) is 13.8. The fourth-order valence-corrected chi connectivity index (χ4v) is 6.29. The summed E-state index contributed by atoms with van der Waals surface area (Å²) in [6.45, 7) is 2.81. The monoisotopic (exact) mass is 499 g/mol. The summed E-state index contributed by atoms with van der Waals surface area (Å²) in [4.78, 5) is 12.6. The maximum Gasteiger partial charge on any atom is 0.243 e. The Bertz CT molecular complexity index is 1200. The molecule has 1 saturated carbocycles. The SMILES string of the molecule is C[C@@H](CNC(=O)CCCc1nnc2n1C1CCCCC1C1NC(c3ccccc3)NN21)c1ccccc1.